The lowest BCUT2D eigenvalue weighted by Gasteiger charge is -2.15. The van der Waals surface area contributed by atoms with Crippen molar-refractivity contribution in [3.8, 4) is 28.8 Å². The SMILES string of the molecule is C=CCOc1c(OCC)cc(C=NNc2nc(-c3ccccc3)c(C#N)c(=O)[nH]2)c(Br)c1Br. The van der Waals surface area contributed by atoms with Crippen LogP contribution in [0.4, 0.5) is 5.95 Å². The lowest BCUT2D eigenvalue weighted by Crippen LogP contribution is -2.16. The van der Waals surface area contributed by atoms with E-state index >= 15 is 0 Å². The Kier molecular flexibility index (Phi) is 8.40. The number of nitriles is 1. The standard InChI is InChI=1S/C23H19Br2N5O3/c1-3-10-33-21-17(32-4-2)11-15(18(24)19(21)25)13-27-30-23-28-20(14-8-6-5-7-9-14)16(12-26)22(31)29-23/h3,5-9,11,13H,1,4,10H2,2H3,(H2,28,29,30,31). The predicted molar refractivity (Wildman–Crippen MR) is 135 cm³/mol. The average Bonchev–Trinajstić information content (AvgIpc) is 2.82. The molecule has 10 heteroatoms. The van der Waals surface area contributed by atoms with Gasteiger partial charge in [-0.25, -0.2) is 10.4 Å². The van der Waals surface area contributed by atoms with Crippen molar-refractivity contribution in [1.82, 2.24) is 9.97 Å². The highest BCUT2D eigenvalue weighted by molar-refractivity contribution is 9.13. The molecule has 3 aromatic rings. The maximum Gasteiger partial charge on any atom is 0.270 e. The van der Waals surface area contributed by atoms with Gasteiger partial charge in [0, 0.05) is 15.6 Å². The summed E-state index contributed by atoms with van der Waals surface area (Å²) in [6.45, 7) is 6.31. The third-order valence-electron chi connectivity index (χ3n) is 4.25. The summed E-state index contributed by atoms with van der Waals surface area (Å²) in [4.78, 5) is 19.3. The number of aromatic amines is 1. The van der Waals surface area contributed by atoms with E-state index in [9.17, 15) is 10.1 Å². The molecule has 0 spiro atoms. The van der Waals surface area contributed by atoms with Crippen LogP contribution < -0.4 is 20.5 Å². The highest BCUT2D eigenvalue weighted by Crippen LogP contribution is 2.42. The van der Waals surface area contributed by atoms with E-state index in [0.29, 0.717) is 44.8 Å². The van der Waals surface area contributed by atoms with Crippen molar-refractivity contribution in [2.45, 2.75) is 6.92 Å². The summed E-state index contributed by atoms with van der Waals surface area (Å²) in [5.41, 5.74) is 3.69. The maximum atomic E-state index is 12.4. The van der Waals surface area contributed by atoms with Crippen LogP contribution in [0.3, 0.4) is 0 Å². The van der Waals surface area contributed by atoms with Crippen molar-refractivity contribution in [1.29, 1.82) is 5.26 Å². The van der Waals surface area contributed by atoms with Crippen LogP contribution in [-0.2, 0) is 0 Å². The second-order valence-corrected chi connectivity index (χ2v) is 8.03. The monoisotopic (exact) mass is 571 g/mol. The van der Waals surface area contributed by atoms with E-state index in [4.69, 9.17) is 9.47 Å². The van der Waals surface area contributed by atoms with Crippen molar-refractivity contribution in [3.05, 3.63) is 79.5 Å². The van der Waals surface area contributed by atoms with Crippen LogP contribution >= 0.6 is 31.9 Å². The number of hydrogen-bond acceptors (Lipinski definition) is 7. The Hall–Kier alpha value is -3.42. The highest BCUT2D eigenvalue weighted by Gasteiger charge is 2.17. The van der Waals surface area contributed by atoms with Crippen LogP contribution in [-0.4, -0.2) is 29.4 Å². The van der Waals surface area contributed by atoms with Gasteiger partial charge in [-0.3, -0.25) is 9.78 Å². The molecule has 0 aliphatic rings. The van der Waals surface area contributed by atoms with E-state index < -0.39 is 5.56 Å². The Labute approximate surface area is 207 Å². The number of benzene rings is 2. The van der Waals surface area contributed by atoms with Gasteiger partial charge in [0.25, 0.3) is 5.56 Å². The molecule has 0 radical (unpaired) electrons. The zero-order chi connectivity index (χ0) is 23.8. The smallest absolute Gasteiger partial charge is 0.270 e. The van der Waals surface area contributed by atoms with E-state index in [-0.39, 0.29) is 17.2 Å². The van der Waals surface area contributed by atoms with E-state index in [2.05, 4.69) is 58.9 Å². The van der Waals surface area contributed by atoms with Crippen molar-refractivity contribution in [2.24, 2.45) is 5.10 Å². The molecular formula is C23H19Br2N5O3. The van der Waals surface area contributed by atoms with Gasteiger partial charge in [-0.1, -0.05) is 43.0 Å². The van der Waals surface area contributed by atoms with Gasteiger partial charge in [0.05, 0.1) is 23.0 Å². The normalized spacial score (nSPS) is 10.6. The summed E-state index contributed by atoms with van der Waals surface area (Å²) in [5, 5.41) is 13.6. The molecule has 0 unspecified atom stereocenters. The molecule has 0 atom stereocenters. The van der Waals surface area contributed by atoms with E-state index in [0.717, 1.165) is 0 Å². The number of H-pyrrole nitrogens is 1. The molecule has 8 nitrogen and oxygen atoms in total. The van der Waals surface area contributed by atoms with Crippen LogP contribution in [0.1, 0.15) is 18.1 Å². The van der Waals surface area contributed by atoms with E-state index in [1.165, 1.54) is 6.21 Å². The molecule has 2 N–H and O–H groups in total. The topological polar surface area (TPSA) is 112 Å². The van der Waals surface area contributed by atoms with Crippen molar-refractivity contribution >= 4 is 44.0 Å². The first-order chi connectivity index (χ1) is 16.0. The van der Waals surface area contributed by atoms with Gasteiger partial charge < -0.3 is 9.47 Å². The molecule has 0 saturated heterocycles. The van der Waals surface area contributed by atoms with Gasteiger partial charge in [-0.05, 0) is 44.8 Å². The van der Waals surface area contributed by atoms with Gasteiger partial charge in [0.2, 0.25) is 5.95 Å². The molecule has 2 aromatic carbocycles. The van der Waals surface area contributed by atoms with Crippen molar-refractivity contribution < 1.29 is 9.47 Å². The van der Waals surface area contributed by atoms with Crippen LogP contribution in [0.15, 0.2) is 67.9 Å². The second-order valence-electron chi connectivity index (χ2n) is 6.44. The first kappa shape index (κ1) is 24.2. The molecule has 168 valence electrons. The molecule has 0 amide bonds. The Morgan fingerprint density at radius 1 is 1.27 bits per heavy atom. The van der Waals surface area contributed by atoms with Crippen LogP contribution in [0, 0.1) is 11.3 Å². The Morgan fingerprint density at radius 2 is 2.03 bits per heavy atom. The first-order valence-corrected chi connectivity index (χ1v) is 11.4. The zero-order valence-corrected chi connectivity index (χ0v) is 20.7. The van der Waals surface area contributed by atoms with Crippen LogP contribution in [0.25, 0.3) is 11.3 Å². The van der Waals surface area contributed by atoms with Gasteiger partial charge >= 0.3 is 0 Å². The van der Waals surface area contributed by atoms with Gasteiger partial charge in [-0.15, -0.1) is 0 Å². The first-order valence-electron chi connectivity index (χ1n) is 9.77. The number of anilines is 1. The summed E-state index contributed by atoms with van der Waals surface area (Å²) >= 11 is 7.05. The molecule has 0 saturated carbocycles. The molecule has 0 aliphatic carbocycles. The number of nitrogens with zero attached hydrogens (tertiary/aromatic N) is 3. The molecule has 1 aromatic heterocycles. The van der Waals surface area contributed by atoms with Gasteiger partial charge in [-0.2, -0.15) is 10.4 Å². The number of aromatic nitrogens is 2. The number of hydrogen-bond donors (Lipinski definition) is 2. The lowest BCUT2D eigenvalue weighted by atomic mass is 10.1. The number of ether oxygens (including phenoxy) is 2. The molecule has 3 rings (SSSR count). The lowest BCUT2D eigenvalue weighted by molar-refractivity contribution is 0.295. The summed E-state index contributed by atoms with van der Waals surface area (Å²) in [7, 11) is 0. The second kappa shape index (κ2) is 11.4. The number of hydrazone groups is 1. The van der Waals surface area contributed by atoms with Crippen LogP contribution in [0.5, 0.6) is 11.5 Å². The third-order valence-corrected chi connectivity index (χ3v) is 6.40. The predicted octanol–water partition coefficient (Wildman–Crippen LogP) is 5.24. The van der Waals surface area contributed by atoms with Crippen molar-refractivity contribution in [2.75, 3.05) is 18.6 Å². The largest absolute Gasteiger partial charge is 0.490 e. The highest BCUT2D eigenvalue weighted by atomic mass is 79.9. The van der Waals surface area contributed by atoms with E-state index in [1.807, 2.05) is 19.1 Å². The molecule has 1 heterocycles. The average molecular weight is 573 g/mol. The minimum absolute atomic E-state index is 0.0705. The molecule has 0 bridgehead atoms. The summed E-state index contributed by atoms with van der Waals surface area (Å²) in [5.74, 6) is 1.17. The van der Waals surface area contributed by atoms with Gasteiger partial charge in [0.1, 0.15) is 18.2 Å². The Balaban J connectivity index is 1.93. The summed E-state index contributed by atoms with van der Waals surface area (Å²) in [6, 6.07) is 12.7. The molecule has 0 fully saturated rings. The maximum absolute atomic E-state index is 12.4. The van der Waals surface area contributed by atoms with Crippen molar-refractivity contribution in [3.63, 3.8) is 0 Å². The Morgan fingerprint density at radius 3 is 2.70 bits per heavy atom. The fraction of sp³-hybridized carbons (Fsp3) is 0.130. The van der Waals surface area contributed by atoms with E-state index in [1.54, 1.807) is 36.4 Å². The summed E-state index contributed by atoms with van der Waals surface area (Å²) < 4.78 is 12.8. The Bertz CT molecular complexity index is 1280. The third kappa shape index (κ3) is 5.69. The minimum Gasteiger partial charge on any atom is -0.490 e. The number of halogens is 2. The molecule has 0 aliphatic heterocycles. The summed E-state index contributed by atoms with van der Waals surface area (Å²) in [6.07, 6.45) is 3.18. The molecule has 33 heavy (non-hydrogen) atoms. The fourth-order valence-electron chi connectivity index (χ4n) is 2.84. The fourth-order valence-corrected chi connectivity index (χ4v) is 3.77. The number of nitrogens with one attached hydrogen (secondary N) is 2. The van der Waals surface area contributed by atoms with Crippen LogP contribution in [0.2, 0.25) is 0 Å². The zero-order valence-electron chi connectivity index (χ0n) is 17.6. The quantitative estimate of drug-likeness (QED) is 0.206. The minimum atomic E-state index is -0.560. The molecular weight excluding hydrogens is 554 g/mol. The number of rotatable bonds is 9. The van der Waals surface area contributed by atoms with Gasteiger partial charge in [0.15, 0.2) is 11.5 Å².